The third-order valence-electron chi connectivity index (χ3n) is 4.44. The quantitative estimate of drug-likeness (QED) is 0.368. The Hall–Kier alpha value is -2.11. The fraction of sp³-hybridized carbons (Fsp3) is 0.579. The van der Waals surface area contributed by atoms with Gasteiger partial charge in [-0.05, 0) is 39.3 Å². The minimum Gasteiger partial charge on any atom is -0.444 e. The van der Waals surface area contributed by atoms with Crippen LogP contribution < -0.4 is 10.6 Å². The molecule has 9 nitrogen and oxygen atoms in total. The summed E-state index contributed by atoms with van der Waals surface area (Å²) in [6.07, 6.45) is 3.18. The van der Waals surface area contributed by atoms with Gasteiger partial charge in [-0.3, -0.25) is 9.39 Å². The van der Waals surface area contributed by atoms with E-state index in [1.807, 2.05) is 49.6 Å². The van der Waals surface area contributed by atoms with Gasteiger partial charge in [-0.25, -0.2) is 4.79 Å². The molecule has 29 heavy (non-hydrogen) atoms. The molecule has 0 bridgehead atoms. The summed E-state index contributed by atoms with van der Waals surface area (Å²) in [7, 11) is 1.77. The van der Waals surface area contributed by atoms with Gasteiger partial charge in [0.25, 0.3) is 0 Å². The second kappa shape index (κ2) is 10.1. The number of hydrogen-bond acceptors (Lipinski definition) is 5. The lowest BCUT2D eigenvalue weighted by Gasteiger charge is -2.23. The zero-order valence-electron chi connectivity index (χ0n) is 17.4. The van der Waals surface area contributed by atoms with Gasteiger partial charge in [0, 0.05) is 39.3 Å². The highest BCUT2D eigenvalue weighted by Gasteiger charge is 2.27. The lowest BCUT2D eigenvalue weighted by atomic mass is 10.2. The maximum absolute atomic E-state index is 12.0. The monoisotopic (exact) mass is 515 g/mol. The highest BCUT2D eigenvalue weighted by Crippen LogP contribution is 2.12. The van der Waals surface area contributed by atoms with Crippen molar-refractivity contribution in [2.75, 3.05) is 26.7 Å². The number of carbonyl (C=O) groups excluding carboxylic acids is 1. The van der Waals surface area contributed by atoms with E-state index in [1.165, 1.54) is 0 Å². The summed E-state index contributed by atoms with van der Waals surface area (Å²) in [6.45, 7) is 7.80. The molecular weight excluding hydrogens is 485 g/mol. The molecule has 160 valence electrons. The predicted molar refractivity (Wildman–Crippen MR) is 123 cm³/mol. The largest absolute Gasteiger partial charge is 0.444 e. The number of pyridine rings is 1. The summed E-state index contributed by atoms with van der Waals surface area (Å²) in [5.41, 5.74) is 0.351. The van der Waals surface area contributed by atoms with Gasteiger partial charge in [-0.1, -0.05) is 6.07 Å². The van der Waals surface area contributed by atoms with E-state index in [0.29, 0.717) is 13.1 Å². The van der Waals surface area contributed by atoms with Crippen LogP contribution in [-0.4, -0.2) is 69.9 Å². The average molecular weight is 515 g/mol. The van der Waals surface area contributed by atoms with Crippen LogP contribution in [0.3, 0.4) is 0 Å². The SMILES string of the molecule is CN=C(NCCc1nnc2ccccn12)N1CCC(NC(=O)OC(C)(C)C)C1.I. The smallest absolute Gasteiger partial charge is 0.407 e. The van der Waals surface area contributed by atoms with Gasteiger partial charge in [-0.15, -0.1) is 34.2 Å². The molecule has 1 atom stereocenters. The normalized spacial score (nSPS) is 17.2. The highest BCUT2D eigenvalue weighted by atomic mass is 127. The zero-order valence-corrected chi connectivity index (χ0v) is 19.7. The first-order chi connectivity index (χ1) is 13.4. The molecule has 1 fully saturated rings. The van der Waals surface area contributed by atoms with Crippen LogP contribution in [0.15, 0.2) is 29.4 Å². The van der Waals surface area contributed by atoms with Crippen LogP contribution in [0.25, 0.3) is 5.65 Å². The van der Waals surface area contributed by atoms with E-state index >= 15 is 0 Å². The third kappa shape index (κ3) is 6.44. The molecule has 3 rings (SSSR count). The number of fused-ring (bicyclic) bond motifs is 1. The molecule has 1 saturated heterocycles. The van der Waals surface area contributed by atoms with Crippen molar-refractivity contribution in [2.24, 2.45) is 4.99 Å². The molecule has 0 saturated carbocycles. The number of guanidine groups is 1. The number of aliphatic imine (C=N–C) groups is 1. The van der Waals surface area contributed by atoms with Crippen LogP contribution in [0.2, 0.25) is 0 Å². The Bertz CT molecular complexity index is 846. The lowest BCUT2D eigenvalue weighted by molar-refractivity contribution is 0.0507. The van der Waals surface area contributed by atoms with Crippen LogP contribution in [0.4, 0.5) is 4.79 Å². The Kier molecular flexibility index (Phi) is 8.05. The average Bonchev–Trinajstić information content (AvgIpc) is 3.24. The van der Waals surface area contributed by atoms with Crippen LogP contribution in [-0.2, 0) is 11.2 Å². The van der Waals surface area contributed by atoms with E-state index in [-0.39, 0.29) is 36.1 Å². The van der Waals surface area contributed by atoms with E-state index in [1.54, 1.807) is 7.05 Å². The highest BCUT2D eigenvalue weighted by molar-refractivity contribution is 14.0. The molecule has 0 radical (unpaired) electrons. The Labute approximate surface area is 188 Å². The summed E-state index contributed by atoms with van der Waals surface area (Å²) in [4.78, 5) is 18.5. The summed E-state index contributed by atoms with van der Waals surface area (Å²) in [6, 6.07) is 5.90. The standard InChI is InChI=1S/C19H29N7O2.HI/c1-19(2,3)28-18(27)22-14-9-12-25(13-14)17(20-4)21-10-8-16-24-23-15-7-5-6-11-26(15)16;/h5-7,11,14H,8-10,12-13H2,1-4H3,(H,20,21)(H,22,27);1H. The topological polar surface area (TPSA) is 96.1 Å². The van der Waals surface area contributed by atoms with Crippen molar-refractivity contribution in [3.8, 4) is 0 Å². The first kappa shape index (κ1) is 23.2. The molecule has 0 aromatic carbocycles. The molecule has 2 aromatic heterocycles. The van der Waals surface area contributed by atoms with Gasteiger partial charge in [0.1, 0.15) is 11.4 Å². The van der Waals surface area contributed by atoms with Crippen LogP contribution in [0.5, 0.6) is 0 Å². The first-order valence-electron chi connectivity index (χ1n) is 9.59. The first-order valence-corrected chi connectivity index (χ1v) is 9.59. The van der Waals surface area contributed by atoms with E-state index in [2.05, 4.69) is 30.7 Å². The summed E-state index contributed by atoms with van der Waals surface area (Å²) in [5, 5.41) is 14.7. The number of halogens is 1. The zero-order chi connectivity index (χ0) is 20.1. The maximum atomic E-state index is 12.0. The van der Waals surface area contributed by atoms with Crippen LogP contribution in [0.1, 0.15) is 33.0 Å². The van der Waals surface area contributed by atoms with Crippen molar-refractivity contribution < 1.29 is 9.53 Å². The van der Waals surface area contributed by atoms with E-state index in [0.717, 1.165) is 36.8 Å². The number of hydrogen-bond donors (Lipinski definition) is 2. The van der Waals surface area contributed by atoms with Gasteiger partial charge in [0.15, 0.2) is 11.6 Å². The van der Waals surface area contributed by atoms with Gasteiger partial charge >= 0.3 is 6.09 Å². The molecule has 1 amide bonds. The Balaban J connectivity index is 0.00000300. The minimum atomic E-state index is -0.494. The molecule has 0 spiro atoms. The number of alkyl carbamates (subject to hydrolysis) is 1. The molecule has 10 heteroatoms. The Morgan fingerprint density at radius 1 is 1.34 bits per heavy atom. The van der Waals surface area contributed by atoms with Crippen molar-refractivity contribution in [1.29, 1.82) is 0 Å². The maximum Gasteiger partial charge on any atom is 0.407 e. The predicted octanol–water partition coefficient (Wildman–Crippen LogP) is 2.06. The van der Waals surface area contributed by atoms with E-state index in [9.17, 15) is 4.79 Å². The molecule has 1 aliphatic rings. The molecule has 1 aliphatic heterocycles. The van der Waals surface area contributed by atoms with Gasteiger partial charge in [-0.2, -0.15) is 0 Å². The second-order valence-corrected chi connectivity index (χ2v) is 7.85. The summed E-state index contributed by atoms with van der Waals surface area (Å²) >= 11 is 0. The van der Waals surface area contributed by atoms with E-state index < -0.39 is 5.60 Å². The van der Waals surface area contributed by atoms with Crippen LogP contribution in [0, 0.1) is 0 Å². The van der Waals surface area contributed by atoms with Gasteiger partial charge in [0.05, 0.1) is 6.04 Å². The van der Waals surface area contributed by atoms with Crippen molar-refractivity contribution in [2.45, 2.75) is 45.3 Å². The number of carbonyl (C=O) groups is 1. The fourth-order valence-electron chi connectivity index (χ4n) is 3.22. The Morgan fingerprint density at radius 2 is 2.14 bits per heavy atom. The fourth-order valence-corrected chi connectivity index (χ4v) is 3.22. The second-order valence-electron chi connectivity index (χ2n) is 7.85. The number of rotatable bonds is 4. The number of amides is 1. The lowest BCUT2D eigenvalue weighted by Crippen LogP contribution is -2.44. The van der Waals surface area contributed by atoms with E-state index in [4.69, 9.17) is 4.74 Å². The van der Waals surface area contributed by atoms with Crippen molar-refractivity contribution in [3.63, 3.8) is 0 Å². The summed E-state index contributed by atoms with van der Waals surface area (Å²) in [5.74, 6) is 1.73. The van der Waals surface area contributed by atoms with Gasteiger partial charge in [0.2, 0.25) is 0 Å². The van der Waals surface area contributed by atoms with Crippen molar-refractivity contribution >= 4 is 41.7 Å². The Morgan fingerprint density at radius 3 is 2.86 bits per heavy atom. The van der Waals surface area contributed by atoms with Crippen LogP contribution >= 0.6 is 24.0 Å². The van der Waals surface area contributed by atoms with Gasteiger partial charge < -0.3 is 20.3 Å². The number of nitrogens with zero attached hydrogens (tertiary/aromatic N) is 5. The number of likely N-dealkylation sites (tertiary alicyclic amines) is 1. The van der Waals surface area contributed by atoms with Crippen molar-refractivity contribution in [1.82, 2.24) is 30.1 Å². The minimum absolute atomic E-state index is 0. The van der Waals surface area contributed by atoms with Crippen molar-refractivity contribution in [3.05, 3.63) is 30.2 Å². The third-order valence-corrected chi connectivity index (χ3v) is 4.44. The number of nitrogens with one attached hydrogen (secondary N) is 2. The number of aromatic nitrogens is 3. The molecule has 2 aromatic rings. The summed E-state index contributed by atoms with van der Waals surface area (Å²) < 4.78 is 7.32. The molecule has 2 N–H and O–H groups in total. The molecular formula is C19H30IN7O2. The molecule has 1 unspecified atom stereocenters. The molecule has 3 heterocycles. The number of ether oxygens (including phenoxy) is 1. The molecule has 0 aliphatic carbocycles.